The SMILES string of the molecule is Cc1cccc(CN(C(=O)CN(c2ccccc2F)S(=O)(=O)c2ccccc2)[C@H](C)C(=O)NC2CCCC2)c1. The first-order valence-electron chi connectivity index (χ1n) is 13.1. The first-order valence-corrected chi connectivity index (χ1v) is 14.6. The number of amides is 2. The lowest BCUT2D eigenvalue weighted by Crippen LogP contribution is -2.52. The van der Waals surface area contributed by atoms with E-state index in [-0.39, 0.29) is 29.1 Å². The molecule has 0 spiro atoms. The summed E-state index contributed by atoms with van der Waals surface area (Å²) < 4.78 is 43.1. The van der Waals surface area contributed by atoms with Crippen molar-refractivity contribution in [3.8, 4) is 0 Å². The molecule has 1 aliphatic carbocycles. The number of nitrogens with zero attached hydrogens (tertiary/aromatic N) is 2. The average Bonchev–Trinajstić information content (AvgIpc) is 3.44. The Balaban J connectivity index is 1.69. The Morgan fingerprint density at radius 3 is 2.31 bits per heavy atom. The number of anilines is 1. The van der Waals surface area contributed by atoms with Gasteiger partial charge in [0.15, 0.2) is 0 Å². The monoisotopic (exact) mass is 551 g/mol. The Morgan fingerprint density at radius 1 is 0.974 bits per heavy atom. The summed E-state index contributed by atoms with van der Waals surface area (Å²) in [4.78, 5) is 28.4. The Morgan fingerprint density at radius 2 is 1.64 bits per heavy atom. The Bertz CT molecular complexity index is 1410. The van der Waals surface area contributed by atoms with Crippen molar-refractivity contribution in [3.05, 3.63) is 95.8 Å². The average molecular weight is 552 g/mol. The Labute approximate surface area is 229 Å². The predicted molar refractivity (Wildman–Crippen MR) is 149 cm³/mol. The van der Waals surface area contributed by atoms with Gasteiger partial charge in [-0.25, -0.2) is 12.8 Å². The first-order chi connectivity index (χ1) is 18.7. The highest BCUT2D eigenvalue weighted by Gasteiger charge is 2.34. The molecule has 39 heavy (non-hydrogen) atoms. The van der Waals surface area contributed by atoms with Crippen LogP contribution in [0.5, 0.6) is 0 Å². The number of benzene rings is 3. The van der Waals surface area contributed by atoms with Gasteiger partial charge in [-0.05, 0) is 56.5 Å². The molecule has 1 atom stereocenters. The van der Waals surface area contributed by atoms with E-state index in [0.29, 0.717) is 0 Å². The number of rotatable bonds is 10. The van der Waals surface area contributed by atoms with E-state index in [4.69, 9.17) is 0 Å². The highest BCUT2D eigenvalue weighted by molar-refractivity contribution is 7.92. The van der Waals surface area contributed by atoms with E-state index in [0.717, 1.165) is 47.2 Å². The van der Waals surface area contributed by atoms with Crippen LogP contribution >= 0.6 is 0 Å². The molecular weight excluding hydrogens is 517 g/mol. The molecule has 206 valence electrons. The van der Waals surface area contributed by atoms with Crippen molar-refractivity contribution in [1.29, 1.82) is 0 Å². The van der Waals surface area contributed by atoms with Gasteiger partial charge >= 0.3 is 0 Å². The van der Waals surface area contributed by atoms with Crippen LogP contribution in [0.3, 0.4) is 0 Å². The summed E-state index contributed by atoms with van der Waals surface area (Å²) in [6, 6.07) is 19.8. The van der Waals surface area contributed by atoms with Crippen molar-refractivity contribution in [3.63, 3.8) is 0 Å². The maximum Gasteiger partial charge on any atom is 0.264 e. The number of hydrogen-bond acceptors (Lipinski definition) is 4. The molecular formula is C30H34FN3O4S. The second kappa shape index (κ2) is 12.4. The van der Waals surface area contributed by atoms with Crippen molar-refractivity contribution < 1.29 is 22.4 Å². The lowest BCUT2D eigenvalue weighted by molar-refractivity contribution is -0.139. The Kier molecular flexibility index (Phi) is 9.01. The summed E-state index contributed by atoms with van der Waals surface area (Å²) in [6.45, 7) is 2.98. The Hall–Kier alpha value is -3.72. The number of halogens is 1. The van der Waals surface area contributed by atoms with E-state index >= 15 is 0 Å². The minimum absolute atomic E-state index is 0.0595. The van der Waals surface area contributed by atoms with Crippen molar-refractivity contribution in [2.24, 2.45) is 0 Å². The van der Waals surface area contributed by atoms with Gasteiger partial charge in [0.2, 0.25) is 11.8 Å². The van der Waals surface area contributed by atoms with Crippen LogP contribution in [0.2, 0.25) is 0 Å². The normalized spacial score (nSPS) is 14.5. The topological polar surface area (TPSA) is 86.8 Å². The maximum atomic E-state index is 14.9. The molecule has 0 radical (unpaired) electrons. The fourth-order valence-electron chi connectivity index (χ4n) is 4.87. The molecule has 3 aromatic carbocycles. The first kappa shape index (κ1) is 28.3. The molecule has 1 N–H and O–H groups in total. The van der Waals surface area contributed by atoms with E-state index in [1.165, 1.54) is 35.2 Å². The lowest BCUT2D eigenvalue weighted by atomic mass is 10.1. The lowest BCUT2D eigenvalue weighted by Gasteiger charge is -2.32. The van der Waals surface area contributed by atoms with Gasteiger partial charge in [0.1, 0.15) is 18.4 Å². The van der Waals surface area contributed by atoms with Crippen molar-refractivity contribution in [1.82, 2.24) is 10.2 Å². The molecule has 1 fully saturated rings. The summed E-state index contributed by atoms with van der Waals surface area (Å²) in [5.41, 5.74) is 1.54. The number of carbonyl (C=O) groups excluding carboxylic acids is 2. The van der Waals surface area contributed by atoms with Crippen molar-refractivity contribution >= 4 is 27.5 Å². The van der Waals surface area contributed by atoms with Gasteiger partial charge in [0.25, 0.3) is 10.0 Å². The largest absolute Gasteiger partial charge is 0.352 e. The molecule has 0 bridgehead atoms. The molecule has 2 amide bonds. The van der Waals surface area contributed by atoms with Gasteiger partial charge in [0, 0.05) is 12.6 Å². The summed E-state index contributed by atoms with van der Waals surface area (Å²) in [5.74, 6) is -1.69. The third-order valence-corrected chi connectivity index (χ3v) is 8.81. The second-order valence-electron chi connectivity index (χ2n) is 9.95. The third-order valence-electron chi connectivity index (χ3n) is 7.04. The number of carbonyl (C=O) groups is 2. The number of hydrogen-bond donors (Lipinski definition) is 1. The minimum atomic E-state index is -4.30. The van der Waals surface area contributed by atoms with Crippen LogP contribution < -0.4 is 9.62 Å². The standard InChI is InChI=1S/C30H34FN3O4S/c1-22-11-10-12-24(19-22)20-33(23(2)30(36)32-25-13-6-7-14-25)29(35)21-34(28-18-9-8-17-27(28)31)39(37,38)26-15-4-3-5-16-26/h3-5,8-12,15-19,23,25H,6-7,13-14,20-21H2,1-2H3,(H,32,36)/t23-/m1/s1. The van der Waals surface area contributed by atoms with Crippen LogP contribution in [-0.2, 0) is 26.2 Å². The van der Waals surface area contributed by atoms with Crippen LogP contribution in [0.25, 0.3) is 0 Å². The summed E-state index contributed by atoms with van der Waals surface area (Å²) in [5, 5.41) is 3.04. The number of sulfonamides is 1. The fraction of sp³-hybridized carbons (Fsp3) is 0.333. The highest BCUT2D eigenvalue weighted by atomic mass is 32.2. The minimum Gasteiger partial charge on any atom is -0.352 e. The second-order valence-corrected chi connectivity index (χ2v) is 11.8. The van der Waals surface area contributed by atoms with Gasteiger partial charge in [-0.1, -0.05) is 73.0 Å². The van der Waals surface area contributed by atoms with Crippen LogP contribution in [0.4, 0.5) is 10.1 Å². The molecule has 0 saturated heterocycles. The maximum absolute atomic E-state index is 14.9. The predicted octanol–water partition coefficient (Wildman–Crippen LogP) is 4.81. The van der Waals surface area contributed by atoms with Gasteiger partial charge in [-0.2, -0.15) is 0 Å². The van der Waals surface area contributed by atoms with E-state index in [1.807, 2.05) is 31.2 Å². The van der Waals surface area contributed by atoms with Gasteiger partial charge in [-0.3, -0.25) is 13.9 Å². The van der Waals surface area contributed by atoms with Crippen LogP contribution in [0.1, 0.15) is 43.7 Å². The van der Waals surface area contributed by atoms with Crippen molar-refractivity contribution in [2.45, 2.75) is 63.1 Å². The molecule has 3 aromatic rings. The molecule has 1 aliphatic rings. The zero-order valence-corrected chi connectivity index (χ0v) is 23.0. The third kappa shape index (κ3) is 6.84. The van der Waals surface area contributed by atoms with Crippen LogP contribution in [0, 0.1) is 12.7 Å². The van der Waals surface area contributed by atoms with E-state index in [2.05, 4.69) is 5.32 Å². The fourth-order valence-corrected chi connectivity index (χ4v) is 6.31. The van der Waals surface area contributed by atoms with Crippen molar-refractivity contribution in [2.75, 3.05) is 10.8 Å². The molecule has 1 saturated carbocycles. The molecule has 0 heterocycles. The van der Waals surface area contributed by atoms with Crippen LogP contribution in [0.15, 0.2) is 83.8 Å². The number of aryl methyl sites for hydroxylation is 1. The van der Waals surface area contributed by atoms with E-state index in [9.17, 15) is 22.4 Å². The van der Waals surface area contributed by atoms with E-state index < -0.39 is 34.3 Å². The summed E-state index contributed by atoms with van der Waals surface area (Å²) >= 11 is 0. The van der Waals surface area contributed by atoms with Crippen LogP contribution in [-0.4, -0.2) is 43.8 Å². The summed E-state index contributed by atoms with van der Waals surface area (Å²) in [6.07, 6.45) is 3.86. The molecule has 0 unspecified atom stereocenters. The number of nitrogens with one attached hydrogen (secondary N) is 1. The molecule has 0 aliphatic heterocycles. The van der Waals surface area contributed by atoms with E-state index in [1.54, 1.807) is 25.1 Å². The quantitative estimate of drug-likeness (QED) is 0.392. The molecule has 0 aromatic heterocycles. The zero-order chi connectivity index (χ0) is 28.0. The molecule has 4 rings (SSSR count). The van der Waals surface area contributed by atoms with Gasteiger partial charge < -0.3 is 10.2 Å². The zero-order valence-electron chi connectivity index (χ0n) is 22.2. The smallest absolute Gasteiger partial charge is 0.264 e. The number of para-hydroxylation sites is 1. The van der Waals surface area contributed by atoms with Gasteiger partial charge in [-0.15, -0.1) is 0 Å². The summed E-state index contributed by atoms with van der Waals surface area (Å²) in [7, 11) is -4.30. The highest BCUT2D eigenvalue weighted by Crippen LogP contribution is 2.27. The van der Waals surface area contributed by atoms with Gasteiger partial charge in [0.05, 0.1) is 10.6 Å². The molecule has 9 heteroatoms. The molecule has 7 nitrogen and oxygen atoms in total.